The van der Waals surface area contributed by atoms with Gasteiger partial charge in [-0.15, -0.1) is 0 Å². The molecule has 8 heteroatoms. The lowest BCUT2D eigenvalue weighted by molar-refractivity contribution is 0.423. The molecule has 0 radical (unpaired) electrons. The highest BCUT2D eigenvalue weighted by Gasteiger charge is 2.16. The van der Waals surface area contributed by atoms with Gasteiger partial charge in [0.2, 0.25) is 0 Å². The first kappa shape index (κ1) is 8.75. The zero-order chi connectivity index (χ0) is 10.0. The van der Waals surface area contributed by atoms with Crippen molar-refractivity contribution in [1.82, 2.24) is 15.1 Å². The standard InChI is InChI=1S/C6H6N4O3S/c11-14(12,6-3-7-4-8-6)10-5-1-2-13-9-5/h1-4H,(H,7,8)(H,9,10). The molecule has 74 valence electrons. The SMILES string of the molecule is O=S(=O)(Nc1ccon1)c1cnc[nH]1. The number of rotatable bonds is 3. The smallest absolute Gasteiger partial charge is 0.280 e. The molecule has 0 aromatic carbocycles. The van der Waals surface area contributed by atoms with Crippen molar-refractivity contribution in [2.24, 2.45) is 0 Å². The number of H-pyrrole nitrogens is 1. The number of anilines is 1. The summed E-state index contributed by atoms with van der Waals surface area (Å²) in [5, 5.41) is 3.38. The predicted molar refractivity (Wildman–Crippen MR) is 45.9 cm³/mol. The van der Waals surface area contributed by atoms with Gasteiger partial charge < -0.3 is 9.51 Å². The van der Waals surface area contributed by atoms with E-state index in [-0.39, 0.29) is 10.8 Å². The Morgan fingerprint density at radius 1 is 1.50 bits per heavy atom. The minimum absolute atomic E-state index is 0.0273. The maximum atomic E-state index is 11.5. The Morgan fingerprint density at radius 3 is 2.93 bits per heavy atom. The summed E-state index contributed by atoms with van der Waals surface area (Å²) in [6.45, 7) is 0. The van der Waals surface area contributed by atoms with Gasteiger partial charge in [0.15, 0.2) is 10.8 Å². The lowest BCUT2D eigenvalue weighted by Crippen LogP contribution is -2.13. The van der Waals surface area contributed by atoms with Crippen molar-refractivity contribution in [3.63, 3.8) is 0 Å². The summed E-state index contributed by atoms with van der Waals surface area (Å²) in [6, 6.07) is 1.40. The number of hydrogen-bond acceptors (Lipinski definition) is 5. The predicted octanol–water partition coefficient (Wildman–Crippen LogP) is 0.198. The Bertz CT molecular complexity index is 487. The van der Waals surface area contributed by atoms with E-state index in [4.69, 9.17) is 0 Å². The van der Waals surface area contributed by atoms with Crippen LogP contribution in [0, 0.1) is 0 Å². The Kier molecular flexibility index (Phi) is 1.97. The molecule has 0 aliphatic rings. The summed E-state index contributed by atoms with van der Waals surface area (Å²) in [6.07, 6.45) is 3.74. The molecule has 0 bridgehead atoms. The molecule has 0 aliphatic heterocycles. The summed E-state index contributed by atoms with van der Waals surface area (Å²) in [4.78, 5) is 6.07. The molecule has 2 N–H and O–H groups in total. The quantitative estimate of drug-likeness (QED) is 0.759. The normalized spacial score (nSPS) is 11.4. The van der Waals surface area contributed by atoms with Crippen LogP contribution in [0.2, 0.25) is 0 Å². The third-order valence-corrected chi connectivity index (χ3v) is 2.72. The van der Waals surface area contributed by atoms with E-state index in [1.807, 2.05) is 0 Å². The lowest BCUT2D eigenvalue weighted by Gasteiger charge is -2.00. The largest absolute Gasteiger partial charge is 0.363 e. The van der Waals surface area contributed by atoms with Gasteiger partial charge in [-0.25, -0.2) is 4.98 Å². The van der Waals surface area contributed by atoms with Crippen LogP contribution in [0.5, 0.6) is 0 Å². The highest BCUT2D eigenvalue weighted by atomic mass is 32.2. The molecular weight excluding hydrogens is 208 g/mol. The fourth-order valence-corrected chi connectivity index (χ4v) is 1.75. The van der Waals surface area contributed by atoms with Crippen molar-refractivity contribution in [2.75, 3.05) is 4.72 Å². The monoisotopic (exact) mass is 214 g/mol. The number of hydrogen-bond donors (Lipinski definition) is 2. The topological polar surface area (TPSA) is 101 Å². The van der Waals surface area contributed by atoms with Gasteiger partial charge in [0, 0.05) is 6.07 Å². The minimum atomic E-state index is -3.63. The Hall–Kier alpha value is -1.83. The van der Waals surface area contributed by atoms with E-state index in [0.717, 1.165) is 0 Å². The van der Waals surface area contributed by atoms with Gasteiger partial charge in [-0.05, 0) is 0 Å². The van der Waals surface area contributed by atoms with E-state index in [0.29, 0.717) is 0 Å². The van der Waals surface area contributed by atoms with Crippen LogP contribution in [0.1, 0.15) is 0 Å². The molecule has 2 aromatic rings. The number of nitrogens with one attached hydrogen (secondary N) is 2. The number of sulfonamides is 1. The first-order valence-electron chi connectivity index (χ1n) is 3.60. The van der Waals surface area contributed by atoms with Gasteiger partial charge in [0.25, 0.3) is 10.0 Å². The first-order chi connectivity index (χ1) is 6.68. The van der Waals surface area contributed by atoms with Crippen LogP contribution in [0.25, 0.3) is 0 Å². The molecule has 2 rings (SSSR count). The molecule has 0 spiro atoms. The number of aromatic amines is 1. The average Bonchev–Trinajstić information content (AvgIpc) is 2.71. The molecule has 0 saturated heterocycles. The van der Waals surface area contributed by atoms with Crippen LogP contribution in [0.3, 0.4) is 0 Å². The molecule has 0 amide bonds. The minimum Gasteiger partial charge on any atom is -0.363 e. The Balaban J connectivity index is 2.27. The molecule has 0 fully saturated rings. The van der Waals surface area contributed by atoms with Gasteiger partial charge in [-0.2, -0.15) is 8.42 Å². The number of imidazole rings is 1. The van der Waals surface area contributed by atoms with Crippen LogP contribution in [-0.4, -0.2) is 23.5 Å². The van der Waals surface area contributed by atoms with Crippen LogP contribution in [-0.2, 0) is 10.0 Å². The molecule has 7 nitrogen and oxygen atoms in total. The van der Waals surface area contributed by atoms with Gasteiger partial charge in [0.1, 0.15) is 6.26 Å². The van der Waals surface area contributed by atoms with Gasteiger partial charge in [0.05, 0.1) is 12.5 Å². The van der Waals surface area contributed by atoms with Crippen LogP contribution in [0.15, 0.2) is 34.4 Å². The van der Waals surface area contributed by atoms with E-state index < -0.39 is 10.0 Å². The second-order valence-corrected chi connectivity index (χ2v) is 4.06. The fraction of sp³-hybridized carbons (Fsp3) is 0. The van der Waals surface area contributed by atoms with Crippen LogP contribution < -0.4 is 4.72 Å². The van der Waals surface area contributed by atoms with Crippen molar-refractivity contribution < 1.29 is 12.9 Å². The van der Waals surface area contributed by atoms with Crippen LogP contribution >= 0.6 is 0 Å². The van der Waals surface area contributed by atoms with Crippen molar-refractivity contribution in [1.29, 1.82) is 0 Å². The first-order valence-corrected chi connectivity index (χ1v) is 5.08. The molecule has 2 aromatic heterocycles. The van der Waals surface area contributed by atoms with E-state index in [2.05, 4.69) is 24.4 Å². The van der Waals surface area contributed by atoms with Gasteiger partial charge in [-0.3, -0.25) is 4.72 Å². The Morgan fingerprint density at radius 2 is 2.36 bits per heavy atom. The third kappa shape index (κ3) is 1.59. The van der Waals surface area contributed by atoms with E-state index in [1.165, 1.54) is 24.9 Å². The van der Waals surface area contributed by atoms with E-state index in [1.54, 1.807) is 0 Å². The average molecular weight is 214 g/mol. The summed E-state index contributed by atoms with van der Waals surface area (Å²) in [7, 11) is -3.63. The highest BCUT2D eigenvalue weighted by molar-refractivity contribution is 7.92. The summed E-state index contributed by atoms with van der Waals surface area (Å²) in [5.74, 6) is 0.125. The molecular formula is C6H6N4O3S. The zero-order valence-electron chi connectivity index (χ0n) is 6.84. The maximum absolute atomic E-state index is 11.5. The summed E-state index contributed by atoms with van der Waals surface area (Å²) < 4.78 is 29.7. The molecule has 14 heavy (non-hydrogen) atoms. The van der Waals surface area contributed by atoms with Gasteiger partial charge >= 0.3 is 0 Å². The third-order valence-electron chi connectivity index (χ3n) is 1.44. The second-order valence-electron chi connectivity index (χ2n) is 2.41. The molecule has 0 aliphatic carbocycles. The number of aromatic nitrogens is 3. The van der Waals surface area contributed by atoms with Crippen molar-refractivity contribution in [2.45, 2.75) is 5.03 Å². The number of nitrogens with zero attached hydrogens (tertiary/aromatic N) is 2. The van der Waals surface area contributed by atoms with E-state index in [9.17, 15) is 8.42 Å². The lowest BCUT2D eigenvalue weighted by atomic mass is 10.7. The van der Waals surface area contributed by atoms with Gasteiger partial charge in [-0.1, -0.05) is 5.16 Å². The van der Waals surface area contributed by atoms with E-state index >= 15 is 0 Å². The maximum Gasteiger partial charge on any atom is 0.280 e. The summed E-state index contributed by atoms with van der Waals surface area (Å²) in [5.41, 5.74) is 0. The van der Waals surface area contributed by atoms with Crippen molar-refractivity contribution >= 4 is 15.8 Å². The molecule has 0 saturated carbocycles. The zero-order valence-corrected chi connectivity index (χ0v) is 7.65. The van der Waals surface area contributed by atoms with Crippen molar-refractivity contribution in [3.8, 4) is 0 Å². The summed E-state index contributed by atoms with van der Waals surface area (Å²) >= 11 is 0. The Labute approximate surface area is 79.2 Å². The van der Waals surface area contributed by atoms with Crippen LogP contribution in [0.4, 0.5) is 5.82 Å². The van der Waals surface area contributed by atoms with Crippen molar-refractivity contribution in [3.05, 3.63) is 24.9 Å². The molecule has 0 unspecified atom stereocenters. The second kappa shape index (κ2) is 3.14. The molecule has 2 heterocycles. The molecule has 0 atom stereocenters. The fourth-order valence-electron chi connectivity index (χ4n) is 0.848. The highest BCUT2D eigenvalue weighted by Crippen LogP contribution is 2.10.